The maximum absolute atomic E-state index is 12.3. The molecule has 1 aliphatic heterocycles. The van der Waals surface area contributed by atoms with Crippen LogP contribution in [0.3, 0.4) is 0 Å². The quantitative estimate of drug-likeness (QED) is 0.796. The lowest BCUT2D eigenvalue weighted by Gasteiger charge is -2.20. The second-order valence-corrected chi connectivity index (χ2v) is 6.54. The van der Waals surface area contributed by atoms with Crippen molar-refractivity contribution < 1.29 is 4.79 Å². The second kappa shape index (κ2) is 6.16. The van der Waals surface area contributed by atoms with E-state index in [2.05, 4.69) is 28.6 Å². The fraction of sp³-hybridized carbons (Fsp3) is 0.417. The first-order valence-electron chi connectivity index (χ1n) is 5.54. The largest absolute Gasteiger partial charge is 0.338 e. The summed E-state index contributed by atoms with van der Waals surface area (Å²) in [7, 11) is 0. The summed E-state index contributed by atoms with van der Waals surface area (Å²) >= 11 is 9.67. The van der Waals surface area contributed by atoms with Gasteiger partial charge in [-0.05, 0) is 30.4 Å². The van der Waals surface area contributed by atoms with Crippen LogP contribution in [0, 0.1) is 0 Å². The maximum Gasteiger partial charge on any atom is 0.255 e. The Morgan fingerprint density at radius 1 is 1.35 bits per heavy atom. The molecule has 0 radical (unpaired) electrons. The zero-order valence-corrected chi connectivity index (χ0v) is 12.7. The Balaban J connectivity index is 2.17. The van der Waals surface area contributed by atoms with Crippen molar-refractivity contribution in [3.63, 3.8) is 0 Å². The summed E-state index contributed by atoms with van der Waals surface area (Å²) in [5, 5.41) is 0. The number of hydrogen-bond donors (Lipinski definition) is 1. The molecule has 1 amide bonds. The molecule has 17 heavy (non-hydrogen) atoms. The lowest BCUT2D eigenvalue weighted by Crippen LogP contribution is -2.33. The third-order valence-corrected chi connectivity index (χ3v) is 4.61. The summed E-state index contributed by atoms with van der Waals surface area (Å²) in [4.78, 5) is 15.0. The lowest BCUT2D eigenvalue weighted by molar-refractivity contribution is 0.0765. The normalized spacial score (nSPS) is 16.7. The van der Waals surface area contributed by atoms with Crippen LogP contribution in [0.15, 0.2) is 27.6 Å². The van der Waals surface area contributed by atoms with Crippen molar-refractivity contribution in [1.29, 1.82) is 0 Å². The summed E-state index contributed by atoms with van der Waals surface area (Å²) in [6.45, 7) is 1.70. The van der Waals surface area contributed by atoms with E-state index in [1.165, 1.54) is 0 Å². The van der Waals surface area contributed by atoms with Gasteiger partial charge in [-0.2, -0.15) is 11.8 Å². The third-order valence-electron chi connectivity index (χ3n) is 2.70. The average molecular weight is 332 g/mol. The van der Waals surface area contributed by atoms with Gasteiger partial charge in [-0.3, -0.25) is 4.79 Å². The molecular weight excluding hydrogens is 318 g/mol. The van der Waals surface area contributed by atoms with Gasteiger partial charge in [0.25, 0.3) is 5.91 Å². The fourth-order valence-corrected chi connectivity index (χ4v) is 3.54. The highest BCUT2D eigenvalue weighted by Gasteiger charge is 2.19. The van der Waals surface area contributed by atoms with Crippen LogP contribution >= 0.6 is 40.3 Å². The summed E-state index contributed by atoms with van der Waals surface area (Å²) in [5.41, 5.74) is 0.698. The van der Waals surface area contributed by atoms with Crippen LogP contribution in [0.25, 0.3) is 0 Å². The van der Waals surface area contributed by atoms with Gasteiger partial charge >= 0.3 is 0 Å². The SMILES string of the molecule is O=C(c1ccc(Br)cc1S)N1CCCSCC1. The first-order chi connectivity index (χ1) is 8.18. The zero-order valence-electron chi connectivity index (χ0n) is 9.36. The number of thioether (sulfide) groups is 1. The highest BCUT2D eigenvalue weighted by atomic mass is 79.9. The molecule has 1 saturated heterocycles. The smallest absolute Gasteiger partial charge is 0.255 e. The number of rotatable bonds is 1. The van der Waals surface area contributed by atoms with Gasteiger partial charge in [0.05, 0.1) is 5.56 Å². The van der Waals surface area contributed by atoms with Crippen molar-refractivity contribution in [2.24, 2.45) is 0 Å². The van der Waals surface area contributed by atoms with E-state index >= 15 is 0 Å². The van der Waals surface area contributed by atoms with E-state index < -0.39 is 0 Å². The van der Waals surface area contributed by atoms with Gasteiger partial charge < -0.3 is 4.90 Å². The van der Waals surface area contributed by atoms with Crippen molar-refractivity contribution in [1.82, 2.24) is 4.90 Å². The molecule has 0 atom stereocenters. The van der Waals surface area contributed by atoms with Crippen molar-refractivity contribution in [3.05, 3.63) is 28.2 Å². The van der Waals surface area contributed by atoms with E-state index in [9.17, 15) is 4.79 Å². The Labute approximate surface area is 120 Å². The molecule has 0 unspecified atom stereocenters. The highest BCUT2D eigenvalue weighted by molar-refractivity contribution is 9.10. The molecule has 1 aromatic rings. The standard InChI is InChI=1S/C12H14BrNOS2/c13-9-2-3-10(11(16)8-9)12(15)14-4-1-6-17-7-5-14/h2-3,8,16H,1,4-7H2. The van der Waals surface area contributed by atoms with E-state index in [-0.39, 0.29) is 5.91 Å². The van der Waals surface area contributed by atoms with E-state index in [0.29, 0.717) is 5.56 Å². The minimum absolute atomic E-state index is 0.102. The molecule has 1 aliphatic rings. The number of hydrogen-bond acceptors (Lipinski definition) is 3. The molecule has 0 aliphatic carbocycles. The predicted molar refractivity (Wildman–Crippen MR) is 79.2 cm³/mol. The molecule has 0 saturated carbocycles. The average Bonchev–Trinajstić information content (AvgIpc) is 2.56. The van der Waals surface area contributed by atoms with Gasteiger partial charge in [0, 0.05) is 28.2 Å². The number of carbonyl (C=O) groups excluding carboxylic acids is 1. The maximum atomic E-state index is 12.3. The molecule has 0 N–H and O–H groups in total. The predicted octanol–water partition coefficient (Wildman–Crippen LogP) is 3.32. The van der Waals surface area contributed by atoms with Crippen LogP contribution in [-0.2, 0) is 0 Å². The van der Waals surface area contributed by atoms with Gasteiger partial charge in [-0.25, -0.2) is 0 Å². The monoisotopic (exact) mass is 331 g/mol. The van der Waals surface area contributed by atoms with E-state index in [1.807, 2.05) is 34.9 Å². The Kier molecular flexibility index (Phi) is 4.82. The Morgan fingerprint density at radius 2 is 2.18 bits per heavy atom. The number of benzene rings is 1. The van der Waals surface area contributed by atoms with Crippen molar-refractivity contribution >= 4 is 46.2 Å². The summed E-state index contributed by atoms with van der Waals surface area (Å²) in [6.07, 6.45) is 1.08. The summed E-state index contributed by atoms with van der Waals surface area (Å²) in [5.74, 6) is 2.28. The molecule has 1 fully saturated rings. The minimum Gasteiger partial charge on any atom is -0.338 e. The number of halogens is 1. The van der Waals surface area contributed by atoms with Gasteiger partial charge in [0.2, 0.25) is 0 Å². The molecular formula is C12H14BrNOS2. The Hall–Kier alpha value is -0.130. The van der Waals surface area contributed by atoms with Gasteiger partial charge in [0.1, 0.15) is 0 Å². The molecule has 0 spiro atoms. The molecule has 2 nitrogen and oxygen atoms in total. The Morgan fingerprint density at radius 3 is 2.94 bits per heavy atom. The highest BCUT2D eigenvalue weighted by Crippen LogP contribution is 2.22. The molecule has 0 aromatic heterocycles. The minimum atomic E-state index is 0.102. The van der Waals surface area contributed by atoms with E-state index in [1.54, 1.807) is 0 Å². The van der Waals surface area contributed by atoms with Crippen LogP contribution in [0.5, 0.6) is 0 Å². The van der Waals surface area contributed by atoms with Crippen LogP contribution in [0.1, 0.15) is 16.8 Å². The van der Waals surface area contributed by atoms with Crippen LogP contribution in [-0.4, -0.2) is 35.4 Å². The van der Waals surface area contributed by atoms with Crippen LogP contribution in [0.4, 0.5) is 0 Å². The molecule has 1 aromatic carbocycles. The van der Waals surface area contributed by atoms with Crippen LogP contribution < -0.4 is 0 Å². The summed E-state index contributed by atoms with van der Waals surface area (Å²) in [6, 6.07) is 5.59. The molecule has 0 bridgehead atoms. The first kappa shape index (κ1) is 13.3. The number of thiol groups is 1. The van der Waals surface area contributed by atoms with Gasteiger partial charge in [-0.15, -0.1) is 12.6 Å². The van der Waals surface area contributed by atoms with Crippen LogP contribution in [0.2, 0.25) is 0 Å². The third kappa shape index (κ3) is 3.42. The Bertz CT molecular complexity index is 417. The van der Waals surface area contributed by atoms with Crippen molar-refractivity contribution in [2.45, 2.75) is 11.3 Å². The lowest BCUT2D eigenvalue weighted by atomic mass is 10.2. The van der Waals surface area contributed by atoms with E-state index in [4.69, 9.17) is 0 Å². The van der Waals surface area contributed by atoms with Gasteiger partial charge in [-0.1, -0.05) is 15.9 Å². The first-order valence-corrected chi connectivity index (χ1v) is 7.93. The number of carbonyl (C=O) groups is 1. The van der Waals surface area contributed by atoms with Crippen molar-refractivity contribution in [2.75, 3.05) is 24.6 Å². The molecule has 5 heteroatoms. The second-order valence-electron chi connectivity index (χ2n) is 3.92. The molecule has 2 rings (SSSR count). The molecule has 1 heterocycles. The van der Waals surface area contributed by atoms with E-state index in [0.717, 1.165) is 40.4 Å². The zero-order chi connectivity index (χ0) is 12.3. The topological polar surface area (TPSA) is 20.3 Å². The fourth-order valence-electron chi connectivity index (χ4n) is 1.81. The summed E-state index contributed by atoms with van der Waals surface area (Å²) < 4.78 is 0.950. The van der Waals surface area contributed by atoms with Gasteiger partial charge in [0.15, 0.2) is 0 Å². The number of nitrogens with zero attached hydrogens (tertiary/aromatic N) is 1. The molecule has 92 valence electrons. The van der Waals surface area contributed by atoms with Crippen molar-refractivity contribution in [3.8, 4) is 0 Å². The number of amides is 1.